The van der Waals surface area contributed by atoms with Gasteiger partial charge >= 0.3 is 5.97 Å². The van der Waals surface area contributed by atoms with E-state index in [-0.39, 0.29) is 16.8 Å². The minimum Gasteiger partial charge on any atom is -0.463 e. The number of carbonyl (C=O) groups excluding carboxylic acids is 1. The van der Waals surface area contributed by atoms with Crippen LogP contribution in [0.5, 0.6) is 0 Å². The van der Waals surface area contributed by atoms with Crippen molar-refractivity contribution in [2.24, 2.45) is 0 Å². The first-order chi connectivity index (χ1) is 18.9. The molecule has 0 aromatic heterocycles. The fourth-order valence-electron chi connectivity index (χ4n) is 4.96. The molecule has 2 nitrogen and oxygen atoms in total. The van der Waals surface area contributed by atoms with Gasteiger partial charge in [0, 0.05) is 6.08 Å². The van der Waals surface area contributed by atoms with Crippen LogP contribution < -0.4 is 0 Å². The Labute approximate surface area is 240 Å². The second kappa shape index (κ2) is 11.7. The van der Waals surface area contributed by atoms with Crippen molar-refractivity contribution in [3.63, 3.8) is 0 Å². The van der Waals surface area contributed by atoms with Crippen LogP contribution in [0.2, 0.25) is 0 Å². The van der Waals surface area contributed by atoms with Gasteiger partial charge in [-0.05, 0) is 103 Å². The molecule has 0 atom stereocenters. The van der Waals surface area contributed by atoms with Crippen molar-refractivity contribution < 1.29 is 9.53 Å². The van der Waals surface area contributed by atoms with Gasteiger partial charge in [-0.3, -0.25) is 0 Å². The van der Waals surface area contributed by atoms with Crippen LogP contribution in [0.3, 0.4) is 0 Å². The van der Waals surface area contributed by atoms with Crippen molar-refractivity contribution in [3.05, 3.63) is 114 Å². The summed E-state index contributed by atoms with van der Waals surface area (Å²) in [5.74, 6) is -0.369. The molecule has 206 valence electrons. The summed E-state index contributed by atoms with van der Waals surface area (Å²) < 4.78 is 5.14. The van der Waals surface area contributed by atoms with E-state index in [1.807, 2.05) is 6.08 Å². The van der Waals surface area contributed by atoms with Gasteiger partial charge in [0.2, 0.25) is 0 Å². The van der Waals surface area contributed by atoms with E-state index < -0.39 is 0 Å². The number of fused-ring (bicyclic) bond motifs is 1. The predicted molar refractivity (Wildman–Crippen MR) is 172 cm³/mol. The number of rotatable bonds is 8. The quantitative estimate of drug-likeness (QED) is 0.129. The van der Waals surface area contributed by atoms with Crippen LogP contribution >= 0.6 is 0 Å². The number of esters is 1. The van der Waals surface area contributed by atoms with Crippen LogP contribution in [0.4, 0.5) is 0 Å². The number of ether oxygens (including phenoxy) is 1. The fourth-order valence-corrected chi connectivity index (χ4v) is 4.96. The number of carbonyl (C=O) groups is 1. The molecule has 4 aromatic carbocycles. The summed E-state index contributed by atoms with van der Waals surface area (Å²) in [6, 6.07) is 27.1. The molecule has 0 aliphatic carbocycles. The molecule has 0 saturated heterocycles. The van der Waals surface area contributed by atoms with Gasteiger partial charge in [-0.1, -0.05) is 109 Å². The molecule has 0 bridgehead atoms. The van der Waals surface area contributed by atoms with E-state index in [1.54, 1.807) is 0 Å². The van der Waals surface area contributed by atoms with Crippen LogP contribution in [0.1, 0.15) is 70.2 Å². The fraction of sp³-hybridized carbons (Fsp3) is 0.289. The van der Waals surface area contributed by atoms with Gasteiger partial charge in [0.05, 0.1) is 6.61 Å². The third-order valence-corrected chi connectivity index (χ3v) is 7.55. The molecule has 0 fully saturated rings. The molecule has 4 aromatic rings. The summed E-state index contributed by atoms with van der Waals surface area (Å²) in [6.45, 7) is 21.5. The van der Waals surface area contributed by atoms with Gasteiger partial charge in [-0.15, -0.1) is 0 Å². The maximum Gasteiger partial charge on any atom is 0.330 e. The molecule has 0 aliphatic heterocycles. The minimum atomic E-state index is -0.369. The van der Waals surface area contributed by atoms with Gasteiger partial charge < -0.3 is 4.74 Å². The maximum absolute atomic E-state index is 11.3. The Hall–Kier alpha value is -3.91. The van der Waals surface area contributed by atoms with E-state index >= 15 is 0 Å². The first-order valence-electron chi connectivity index (χ1n) is 14.1. The molecule has 0 aliphatic rings. The number of hydrogen-bond acceptors (Lipinski definition) is 2. The summed E-state index contributed by atoms with van der Waals surface area (Å²) >= 11 is 0. The smallest absolute Gasteiger partial charge is 0.330 e. The first kappa shape index (κ1) is 29.1. The summed E-state index contributed by atoms with van der Waals surface area (Å²) in [4.78, 5) is 11.3. The second-order valence-corrected chi connectivity index (χ2v) is 12.6. The molecule has 0 saturated carbocycles. The molecule has 0 amide bonds. The molecular weight excluding hydrogens is 488 g/mol. The molecule has 0 radical (unpaired) electrons. The van der Waals surface area contributed by atoms with E-state index in [0.717, 1.165) is 18.4 Å². The SMILES string of the molecule is C=CC(=O)OCCCc1ccc(-c2cc(C(C)(C)C)cc3c(-c4ccc(C=C)cc4)cc(C(C)(C)C)cc23)cc1. The molecule has 0 unspecified atom stereocenters. The number of benzene rings is 4. The van der Waals surface area contributed by atoms with Gasteiger partial charge in [0.1, 0.15) is 0 Å². The second-order valence-electron chi connectivity index (χ2n) is 12.6. The Bertz CT molecular complexity index is 1520. The summed E-state index contributed by atoms with van der Waals surface area (Å²) in [5, 5.41) is 2.54. The van der Waals surface area contributed by atoms with Crippen molar-refractivity contribution in [1.82, 2.24) is 0 Å². The summed E-state index contributed by atoms with van der Waals surface area (Å²) in [7, 11) is 0. The third kappa shape index (κ3) is 6.62. The van der Waals surface area contributed by atoms with Gasteiger partial charge in [-0.25, -0.2) is 4.79 Å². The molecule has 4 rings (SSSR count). The van der Waals surface area contributed by atoms with Crippen LogP contribution in [-0.4, -0.2) is 12.6 Å². The Balaban J connectivity index is 1.86. The topological polar surface area (TPSA) is 26.3 Å². The van der Waals surface area contributed by atoms with Gasteiger partial charge in [0.25, 0.3) is 0 Å². The zero-order valence-electron chi connectivity index (χ0n) is 24.9. The lowest BCUT2D eigenvalue weighted by Gasteiger charge is -2.26. The van der Waals surface area contributed by atoms with E-state index in [0.29, 0.717) is 6.61 Å². The Morgan fingerprint density at radius 2 is 1.20 bits per heavy atom. The lowest BCUT2D eigenvalue weighted by molar-refractivity contribution is -0.137. The van der Waals surface area contributed by atoms with Crippen LogP contribution in [0.25, 0.3) is 39.1 Å². The predicted octanol–water partition coefficient (Wildman–Crippen LogP) is 10.1. The average molecular weight is 531 g/mol. The van der Waals surface area contributed by atoms with Crippen molar-refractivity contribution in [2.45, 2.75) is 65.2 Å². The molecule has 40 heavy (non-hydrogen) atoms. The first-order valence-corrected chi connectivity index (χ1v) is 14.1. The Morgan fingerprint density at radius 3 is 1.62 bits per heavy atom. The lowest BCUT2D eigenvalue weighted by atomic mass is 9.78. The highest BCUT2D eigenvalue weighted by atomic mass is 16.5. The molecule has 0 spiro atoms. The highest BCUT2D eigenvalue weighted by Crippen LogP contribution is 2.42. The highest BCUT2D eigenvalue weighted by Gasteiger charge is 2.22. The van der Waals surface area contributed by atoms with Crippen molar-refractivity contribution >= 4 is 22.8 Å². The standard InChI is InChI=1S/C38H42O2/c1-9-26-13-17-28(18-14-26)32-22-30(37(3,4)5)25-35-33(23-31(24-34(32)35)38(6,7)8)29-19-15-27(16-20-29)12-11-21-40-36(39)10-2/h9-10,13-20,22-25H,1-2,11-12,21H2,3-8H3. The normalized spacial score (nSPS) is 11.8. The monoisotopic (exact) mass is 530 g/mol. The largest absolute Gasteiger partial charge is 0.463 e. The van der Waals surface area contributed by atoms with E-state index in [1.165, 1.54) is 55.8 Å². The highest BCUT2D eigenvalue weighted by molar-refractivity contribution is 6.05. The van der Waals surface area contributed by atoms with Crippen LogP contribution in [0, 0.1) is 0 Å². The van der Waals surface area contributed by atoms with Crippen molar-refractivity contribution in [2.75, 3.05) is 6.61 Å². The van der Waals surface area contributed by atoms with Crippen molar-refractivity contribution in [3.8, 4) is 22.3 Å². The van der Waals surface area contributed by atoms with Crippen molar-refractivity contribution in [1.29, 1.82) is 0 Å². The van der Waals surface area contributed by atoms with Crippen LogP contribution in [0.15, 0.2) is 92.0 Å². The Morgan fingerprint density at radius 1 is 0.725 bits per heavy atom. The van der Waals surface area contributed by atoms with Gasteiger partial charge in [-0.2, -0.15) is 0 Å². The van der Waals surface area contributed by atoms with Gasteiger partial charge in [0.15, 0.2) is 0 Å². The summed E-state index contributed by atoms with van der Waals surface area (Å²) in [6.07, 6.45) is 4.73. The zero-order chi connectivity index (χ0) is 29.1. The van der Waals surface area contributed by atoms with E-state index in [2.05, 4.69) is 127 Å². The average Bonchev–Trinajstić information content (AvgIpc) is 2.93. The molecule has 2 heteroatoms. The van der Waals surface area contributed by atoms with Crippen LogP contribution in [-0.2, 0) is 26.8 Å². The Kier molecular flexibility index (Phi) is 8.49. The third-order valence-electron chi connectivity index (χ3n) is 7.55. The minimum absolute atomic E-state index is 0.00157. The molecule has 0 N–H and O–H groups in total. The number of aryl methyl sites for hydroxylation is 1. The summed E-state index contributed by atoms with van der Waals surface area (Å²) in [5.41, 5.74) is 9.92. The van der Waals surface area contributed by atoms with E-state index in [9.17, 15) is 4.79 Å². The molecular formula is C38H42O2. The van der Waals surface area contributed by atoms with E-state index in [4.69, 9.17) is 4.74 Å². The maximum atomic E-state index is 11.3. The number of hydrogen-bond donors (Lipinski definition) is 0. The lowest BCUT2D eigenvalue weighted by Crippen LogP contribution is -2.13. The molecule has 0 heterocycles. The zero-order valence-corrected chi connectivity index (χ0v) is 24.9.